The van der Waals surface area contributed by atoms with Crippen LogP contribution in [0.25, 0.3) is 0 Å². The maximum absolute atomic E-state index is 10.1. The van der Waals surface area contributed by atoms with E-state index in [1.165, 1.54) is 13.4 Å². The number of carbonyl (C=O) groups excluding carboxylic acids is 2. The molecule has 56 valence electrons. The van der Waals surface area contributed by atoms with E-state index < -0.39 is 5.97 Å². The van der Waals surface area contributed by atoms with Crippen molar-refractivity contribution in [1.82, 2.24) is 0 Å². The van der Waals surface area contributed by atoms with Crippen LogP contribution < -0.4 is 0 Å². The molecule has 0 aliphatic heterocycles. The Kier molecular flexibility index (Phi) is 18.5. The summed E-state index contributed by atoms with van der Waals surface area (Å²) in [5, 5.41) is 0. The van der Waals surface area contributed by atoms with Crippen LogP contribution in [0.1, 0.15) is 0 Å². The largest absolute Gasteiger partial charge is 2.00 e. The number of methoxy groups -OCH3 is 1. The molecule has 0 atom stereocenters. The molecule has 0 fully saturated rings. The van der Waals surface area contributed by atoms with Crippen molar-refractivity contribution in [3.8, 4) is 0 Å². The van der Waals surface area contributed by atoms with E-state index in [4.69, 9.17) is 0 Å². The molecule has 0 saturated carbocycles. The van der Waals surface area contributed by atoms with Gasteiger partial charge in [0.15, 0.2) is 0 Å². The van der Waals surface area contributed by atoms with Gasteiger partial charge in [-0.25, -0.2) is 0 Å². The van der Waals surface area contributed by atoms with Crippen molar-refractivity contribution >= 4 is 12.3 Å². The van der Waals surface area contributed by atoms with Crippen molar-refractivity contribution in [2.45, 2.75) is 0 Å². The monoisotopic (exact) mass is 312 g/mol. The first-order valence-electron chi connectivity index (χ1n) is 1.93. The Morgan fingerprint density at radius 3 is 2.40 bits per heavy atom. The van der Waals surface area contributed by atoms with Gasteiger partial charge >= 0.3 is 21.1 Å². The summed E-state index contributed by atoms with van der Waals surface area (Å²) in [5.74, 6) is -0.548. The van der Waals surface area contributed by atoms with Gasteiger partial charge in [-0.2, -0.15) is 6.08 Å². The molecule has 0 spiro atoms. The van der Waals surface area contributed by atoms with Gasteiger partial charge < -0.3 is 17.0 Å². The average molecular weight is 312 g/mol. The normalized spacial score (nSPS) is 7.30. The van der Waals surface area contributed by atoms with Crippen LogP contribution in [0.3, 0.4) is 0 Å². The van der Waals surface area contributed by atoms with Crippen molar-refractivity contribution in [3.05, 3.63) is 19.6 Å². The van der Waals surface area contributed by atoms with E-state index in [0.717, 1.165) is 12.2 Å². The van der Waals surface area contributed by atoms with E-state index in [0.29, 0.717) is 0 Å². The molecule has 0 rings (SSSR count). The SMILES string of the molecule is COC(=O)/C=C\[C-]=O.[CH3-].[W+2]. The van der Waals surface area contributed by atoms with Crippen LogP contribution in [0.4, 0.5) is 0 Å². The molecule has 0 N–H and O–H groups in total. The van der Waals surface area contributed by atoms with Gasteiger partial charge in [0, 0.05) is 0 Å². The van der Waals surface area contributed by atoms with Crippen LogP contribution in [0.15, 0.2) is 12.2 Å². The maximum Gasteiger partial charge on any atom is 2.00 e. The van der Waals surface area contributed by atoms with Crippen LogP contribution in [0.2, 0.25) is 0 Å². The third-order valence-corrected chi connectivity index (χ3v) is 0.489. The summed E-state index contributed by atoms with van der Waals surface area (Å²) in [5.41, 5.74) is 0. The predicted octanol–water partition coefficient (Wildman–Crippen LogP) is 0.273. The van der Waals surface area contributed by atoms with E-state index in [1.54, 1.807) is 0 Å². The molecule has 0 unspecified atom stereocenters. The number of hydrogen-bond acceptors (Lipinski definition) is 3. The zero-order valence-corrected chi connectivity index (χ0v) is 8.72. The van der Waals surface area contributed by atoms with Gasteiger partial charge in [0.1, 0.15) is 0 Å². The molecule has 0 aliphatic rings. The molecule has 0 heterocycles. The van der Waals surface area contributed by atoms with E-state index >= 15 is 0 Å². The molecule has 0 aliphatic carbocycles. The van der Waals surface area contributed by atoms with Crippen LogP contribution in [0, 0.1) is 7.43 Å². The summed E-state index contributed by atoms with van der Waals surface area (Å²) in [6.07, 6.45) is 3.34. The second-order valence-corrected chi connectivity index (χ2v) is 0.974. The Morgan fingerprint density at radius 2 is 2.10 bits per heavy atom. The number of hydrogen-bond donors (Lipinski definition) is 0. The standard InChI is InChI=1S/C5H5O3.CH3.W/c1-8-5(7)3-2-4-6;;/h2-3H,1H3;1H3;/q2*-1;+2/b3-2-;;. The minimum absolute atomic E-state index is 0. The molecule has 0 aromatic carbocycles. The van der Waals surface area contributed by atoms with Crippen molar-refractivity contribution in [1.29, 1.82) is 0 Å². The number of allylic oxidation sites excluding steroid dienone is 1. The minimum Gasteiger partial charge on any atom is -0.479 e. The fourth-order valence-corrected chi connectivity index (χ4v) is 0.170. The van der Waals surface area contributed by atoms with Gasteiger partial charge in [0.2, 0.25) is 5.97 Å². The quantitative estimate of drug-likeness (QED) is 0.418. The summed E-state index contributed by atoms with van der Waals surface area (Å²) in [6, 6.07) is 0. The van der Waals surface area contributed by atoms with Gasteiger partial charge in [-0.05, 0) is 6.29 Å². The molecule has 0 aromatic heterocycles. The van der Waals surface area contributed by atoms with Crippen LogP contribution in [-0.2, 0) is 35.4 Å². The fraction of sp³-hybridized carbons (Fsp3) is 0.167. The van der Waals surface area contributed by atoms with Crippen LogP contribution >= 0.6 is 0 Å². The molecule has 3 nitrogen and oxygen atoms in total. The Balaban J connectivity index is -0.000000245. The zero-order chi connectivity index (χ0) is 6.41. The molecule has 0 aromatic rings. The van der Waals surface area contributed by atoms with Gasteiger partial charge in [0.25, 0.3) is 0 Å². The first-order chi connectivity index (χ1) is 3.81. The summed E-state index contributed by atoms with van der Waals surface area (Å²) < 4.78 is 4.15. The van der Waals surface area contributed by atoms with E-state index in [9.17, 15) is 9.59 Å². The minimum atomic E-state index is -0.548. The molecule has 0 saturated heterocycles. The molecule has 0 radical (unpaired) electrons. The van der Waals surface area contributed by atoms with Crippen molar-refractivity contribution in [2.75, 3.05) is 7.11 Å². The first kappa shape index (κ1) is 16.3. The Hall–Kier alpha value is -0.432. The Labute approximate surface area is 74.7 Å². The van der Waals surface area contributed by atoms with E-state index in [-0.39, 0.29) is 28.5 Å². The van der Waals surface area contributed by atoms with Crippen molar-refractivity contribution < 1.29 is 35.4 Å². The second kappa shape index (κ2) is 11.4. The summed E-state index contributed by atoms with van der Waals surface area (Å²) in [6.45, 7) is 0. The first-order valence-corrected chi connectivity index (χ1v) is 1.93. The zero-order valence-electron chi connectivity index (χ0n) is 5.79. The van der Waals surface area contributed by atoms with E-state index in [2.05, 4.69) is 4.74 Å². The third-order valence-electron chi connectivity index (χ3n) is 0.489. The van der Waals surface area contributed by atoms with Crippen molar-refractivity contribution in [3.63, 3.8) is 0 Å². The Morgan fingerprint density at radius 1 is 1.60 bits per heavy atom. The van der Waals surface area contributed by atoms with Crippen molar-refractivity contribution in [2.24, 2.45) is 0 Å². The van der Waals surface area contributed by atoms with Crippen LogP contribution in [-0.4, -0.2) is 19.4 Å². The number of carbonyl (C=O) groups is 1. The fourth-order valence-electron chi connectivity index (χ4n) is 0.170. The topological polar surface area (TPSA) is 43.4 Å². The summed E-state index contributed by atoms with van der Waals surface area (Å²) in [4.78, 5) is 19.5. The number of rotatable bonds is 2. The Bertz CT molecular complexity index is 120. The molecular formula is C6H8O3W. The van der Waals surface area contributed by atoms with Gasteiger partial charge in [-0.15, -0.1) is 6.08 Å². The van der Waals surface area contributed by atoms with Gasteiger partial charge in [-0.1, -0.05) is 0 Å². The third kappa shape index (κ3) is 10.5. The van der Waals surface area contributed by atoms with Gasteiger partial charge in [0.05, 0.1) is 7.11 Å². The average Bonchev–Trinajstić information content (AvgIpc) is 1.83. The number of ether oxygens (including phenoxy) is 1. The summed E-state index contributed by atoms with van der Waals surface area (Å²) >= 11 is 0. The number of esters is 1. The van der Waals surface area contributed by atoms with Crippen LogP contribution in [0.5, 0.6) is 0 Å². The summed E-state index contributed by atoms with van der Waals surface area (Å²) in [7, 11) is 1.23. The molecule has 0 amide bonds. The second-order valence-electron chi connectivity index (χ2n) is 0.974. The van der Waals surface area contributed by atoms with Gasteiger partial charge in [-0.3, -0.25) is 4.79 Å². The molecule has 4 heteroatoms. The predicted molar refractivity (Wildman–Crippen MR) is 33.3 cm³/mol. The molecular weight excluding hydrogens is 304 g/mol. The maximum atomic E-state index is 10.1. The smallest absolute Gasteiger partial charge is 0.479 e. The van der Waals surface area contributed by atoms with E-state index in [1.807, 2.05) is 0 Å². The molecule has 0 bridgehead atoms. The molecule has 10 heavy (non-hydrogen) atoms.